The Labute approximate surface area is 690 Å². The quantitative estimate of drug-likeness (QED) is 0.0248. The lowest BCUT2D eigenvalue weighted by Crippen LogP contribution is -2.71. The first-order chi connectivity index (χ1) is 46.9. The predicted octanol–water partition coefficient (Wildman–Crippen LogP) is -5.50. The van der Waals surface area contributed by atoms with Crippen LogP contribution in [-0.2, 0) is 14.4 Å². The van der Waals surface area contributed by atoms with Crippen LogP contribution < -0.4 is 26.6 Å². The molecular weight excluding hydrogens is 2360 g/mol. The highest BCUT2D eigenvalue weighted by molar-refractivity contribution is 14.1. The van der Waals surface area contributed by atoms with Crippen LogP contribution in [0.15, 0.2) is 0 Å². The molecule has 0 bridgehead atoms. The summed E-state index contributed by atoms with van der Waals surface area (Å²) in [6.45, 7) is -15.2. The van der Waals surface area contributed by atoms with Crippen molar-refractivity contribution in [3.8, 4) is 0 Å². The number of hydrogen-bond donors (Lipinski definition) is 23. The molecule has 558 valence electrons. The molecular formula is C55H68I9N9O27. The van der Waals surface area contributed by atoms with Gasteiger partial charge in [-0.25, -0.2) is 0 Å². The minimum Gasteiger partial charge on any atom is -0.394 e. The number of amides is 9. The number of aliphatic hydroxyl groups excluding tert-OH is 18. The normalized spacial score (nSPS) is 17.8. The van der Waals surface area contributed by atoms with Gasteiger partial charge in [0.25, 0.3) is 35.4 Å². The van der Waals surface area contributed by atoms with Gasteiger partial charge in [0.2, 0.25) is 17.7 Å². The number of anilines is 3. The van der Waals surface area contributed by atoms with E-state index < -0.39 is 265 Å². The zero-order valence-corrected chi connectivity index (χ0v) is 70.7. The molecule has 45 heteroatoms. The summed E-state index contributed by atoms with van der Waals surface area (Å²) >= 11 is 14.4. The zero-order valence-electron chi connectivity index (χ0n) is 51.3. The highest BCUT2D eigenvalue weighted by Crippen LogP contribution is 2.42. The summed E-state index contributed by atoms with van der Waals surface area (Å²) in [6.07, 6.45) is -17.0. The standard InChI is InChI=1S/C55H68I9N9O27/c56-35-29(38(59)44(67-26(89)15-80)40(61)31(35)52(97)70(3-18(83)9-74)4-19(84)10-75)50(95)65-1-24-47(92)49(94)48(93)25(2-66-51(96)30-36(57)32(41(62)45(39(30)60)68-27(90)16-81)53(98)71(5-20(85)11-76)6-21(86)12-77)73(24)55(100)34-37(58)33(42(63)46(43(34)64)69-28(91)17-82)54(99)72(7-22(87)13-78)8-23(88)14-79/h18-25,47-49,74-88,92-94H,1-17H2,(H,65,95)(H,66,96)(H,67,89)(H,68,90)(H,69,91)/t18?,19?,20?,21?,22?,23?,24-,25+,47-,48?,49?/m0/s1. The lowest BCUT2D eigenvalue weighted by atomic mass is 9.86. The van der Waals surface area contributed by atoms with Gasteiger partial charge in [-0.05, 0) is 203 Å². The number of piperidine rings is 1. The van der Waals surface area contributed by atoms with Crippen LogP contribution >= 0.6 is 203 Å². The molecule has 8 unspecified atom stereocenters. The van der Waals surface area contributed by atoms with Crippen molar-refractivity contribution in [1.82, 2.24) is 30.2 Å². The Balaban J connectivity index is 2.17. The lowest BCUT2D eigenvalue weighted by molar-refractivity contribution is -0.149. The molecule has 0 spiro atoms. The summed E-state index contributed by atoms with van der Waals surface area (Å²) in [5.74, 6) is -10.3. The maximum Gasteiger partial charge on any atom is 0.256 e. The number of benzene rings is 3. The fraction of sp³-hybridized carbons (Fsp3) is 0.509. The second kappa shape index (κ2) is 42.5. The Morgan fingerprint density at radius 2 is 0.560 bits per heavy atom. The van der Waals surface area contributed by atoms with E-state index in [0.717, 1.165) is 14.7 Å². The van der Waals surface area contributed by atoms with Gasteiger partial charge in [-0.1, -0.05) is 0 Å². The van der Waals surface area contributed by atoms with Crippen LogP contribution in [0.25, 0.3) is 0 Å². The van der Waals surface area contributed by atoms with Crippen molar-refractivity contribution >= 4 is 274 Å². The third-order valence-electron chi connectivity index (χ3n) is 14.6. The van der Waals surface area contributed by atoms with E-state index in [1.54, 1.807) is 203 Å². The second-order valence-electron chi connectivity index (χ2n) is 21.7. The van der Waals surface area contributed by atoms with Gasteiger partial charge < -0.3 is 138 Å². The van der Waals surface area contributed by atoms with Gasteiger partial charge in [0.05, 0.1) is 160 Å². The number of aliphatic hydroxyl groups is 18. The van der Waals surface area contributed by atoms with Crippen LogP contribution in [0.5, 0.6) is 0 Å². The molecule has 4 rings (SSSR count). The molecule has 100 heavy (non-hydrogen) atoms. The third-order valence-corrected chi connectivity index (χ3v) is 24.3. The fourth-order valence-electron chi connectivity index (χ4n) is 9.75. The molecule has 23 N–H and O–H groups in total. The van der Waals surface area contributed by atoms with E-state index in [2.05, 4.69) is 26.6 Å². The molecule has 0 radical (unpaired) electrons. The molecule has 0 aromatic heterocycles. The molecule has 36 nitrogen and oxygen atoms in total. The topological polar surface area (TPSA) is 591 Å². The molecule has 0 saturated carbocycles. The first kappa shape index (κ1) is 91.1. The third kappa shape index (κ3) is 22.5. The second-order valence-corrected chi connectivity index (χ2v) is 31.4. The van der Waals surface area contributed by atoms with Gasteiger partial charge in [0.1, 0.15) is 38.1 Å². The van der Waals surface area contributed by atoms with Crippen LogP contribution in [0.3, 0.4) is 0 Å². The van der Waals surface area contributed by atoms with E-state index in [0.29, 0.717) is 4.90 Å². The molecule has 9 amide bonds. The summed E-state index contributed by atoms with van der Waals surface area (Å²) in [7, 11) is 0. The van der Waals surface area contributed by atoms with Crippen LogP contribution in [0, 0.1) is 32.1 Å². The average Bonchev–Trinajstić information content (AvgIpc) is 0.751. The highest BCUT2D eigenvalue weighted by Gasteiger charge is 2.51. The van der Waals surface area contributed by atoms with Gasteiger partial charge in [-0.15, -0.1) is 0 Å². The number of nitrogens with zero attached hydrogens (tertiary/aromatic N) is 4. The summed E-state index contributed by atoms with van der Waals surface area (Å²) in [6, 6.07) is -4.12. The highest BCUT2D eigenvalue weighted by atomic mass is 127. The number of rotatable bonds is 34. The first-order valence-electron chi connectivity index (χ1n) is 28.8. The number of likely N-dealkylation sites (tertiary alicyclic amines) is 1. The number of carbonyl (C=O) groups is 9. The van der Waals surface area contributed by atoms with Crippen molar-refractivity contribution in [2.24, 2.45) is 0 Å². The SMILES string of the molecule is O=C(CO)Nc1c(I)c(C(=O)NC[C@@H]2C(O)C(O)[C@@H](O)[C@H](CNC(=O)c3c(I)c(NC(=O)CO)c(I)c(C(=O)N(CC(O)CO)CC(O)CO)c3I)N2C(=O)c2c(I)c(NC(=O)CO)c(I)c(C(=O)N(CC(O)CO)CC(O)CO)c2I)c(I)c(C(=O)N(CC(O)CO)CC(O)CO)c1I. The molecule has 3 aromatic carbocycles. The molecule has 1 aliphatic rings. The lowest BCUT2D eigenvalue weighted by Gasteiger charge is -2.49. The van der Waals surface area contributed by atoms with Crippen molar-refractivity contribution in [1.29, 1.82) is 0 Å². The van der Waals surface area contributed by atoms with Crippen molar-refractivity contribution in [2.75, 3.05) is 128 Å². The number of carbonyl (C=O) groups excluding carboxylic acids is 9. The Morgan fingerprint density at radius 3 is 0.790 bits per heavy atom. The van der Waals surface area contributed by atoms with Gasteiger partial charge in [-0.2, -0.15) is 0 Å². The maximum absolute atomic E-state index is 16.3. The summed E-state index contributed by atoms with van der Waals surface area (Å²) in [5.41, 5.74) is -3.74. The van der Waals surface area contributed by atoms with E-state index in [-0.39, 0.29) is 49.2 Å². The Morgan fingerprint density at radius 1 is 0.340 bits per heavy atom. The summed E-state index contributed by atoms with van der Waals surface area (Å²) in [5, 5.41) is 200. The summed E-state index contributed by atoms with van der Waals surface area (Å²) in [4.78, 5) is 133. The number of halogens is 9. The molecule has 1 fully saturated rings. The number of nitrogens with one attached hydrogen (secondary N) is 5. The van der Waals surface area contributed by atoms with E-state index in [4.69, 9.17) is 0 Å². The molecule has 1 aliphatic heterocycles. The van der Waals surface area contributed by atoms with Crippen molar-refractivity contribution in [2.45, 2.75) is 67.0 Å². The van der Waals surface area contributed by atoms with Gasteiger partial charge in [-0.3, -0.25) is 43.2 Å². The average molecular weight is 2430 g/mol. The largest absolute Gasteiger partial charge is 0.394 e. The fourth-order valence-corrected chi connectivity index (χ4v) is 22.9. The minimum atomic E-state index is -2.37. The van der Waals surface area contributed by atoms with E-state index >= 15 is 14.4 Å². The maximum atomic E-state index is 16.3. The molecule has 3 aromatic rings. The van der Waals surface area contributed by atoms with Crippen LogP contribution in [0.1, 0.15) is 62.1 Å². The molecule has 1 saturated heterocycles. The first-order valence-corrected chi connectivity index (χ1v) is 38.5. The number of hydrogen-bond acceptors (Lipinski definition) is 27. The van der Waals surface area contributed by atoms with Crippen LogP contribution in [0.2, 0.25) is 0 Å². The minimum absolute atomic E-state index is 0.0917. The van der Waals surface area contributed by atoms with E-state index in [1.165, 1.54) is 0 Å². The Hall–Kier alpha value is -1.26. The van der Waals surface area contributed by atoms with Gasteiger partial charge in [0.15, 0.2) is 0 Å². The smallest absolute Gasteiger partial charge is 0.256 e. The Kier molecular flexibility index (Phi) is 38.7. The Bertz CT molecular complexity index is 3330. The van der Waals surface area contributed by atoms with Crippen molar-refractivity contribution < 1.29 is 135 Å². The van der Waals surface area contributed by atoms with Crippen molar-refractivity contribution in [3.63, 3.8) is 0 Å². The monoisotopic (exact) mass is 2430 g/mol. The molecule has 0 aliphatic carbocycles. The van der Waals surface area contributed by atoms with Crippen molar-refractivity contribution in [3.05, 3.63) is 65.5 Å². The van der Waals surface area contributed by atoms with Gasteiger partial charge >= 0.3 is 0 Å². The predicted molar refractivity (Wildman–Crippen MR) is 424 cm³/mol. The van der Waals surface area contributed by atoms with Crippen LogP contribution in [-0.4, -0.2) is 344 Å². The van der Waals surface area contributed by atoms with Crippen LogP contribution in [0.4, 0.5) is 17.1 Å². The molecule has 11 atom stereocenters. The molecule has 1 heterocycles. The van der Waals surface area contributed by atoms with E-state index in [9.17, 15) is 121 Å². The van der Waals surface area contributed by atoms with Gasteiger partial charge in [0, 0.05) is 63.1 Å². The zero-order chi connectivity index (χ0) is 75.8. The summed E-state index contributed by atoms with van der Waals surface area (Å²) < 4.78 is -1.69. The van der Waals surface area contributed by atoms with E-state index in [1.807, 2.05) is 0 Å².